The van der Waals surface area contributed by atoms with Crippen molar-refractivity contribution in [3.05, 3.63) is 36.4 Å². The zero-order chi connectivity index (χ0) is 10.7. The first-order valence-electron chi connectivity index (χ1n) is 4.63. The lowest BCUT2D eigenvalue weighted by Gasteiger charge is -2.04. The Morgan fingerprint density at radius 2 is 2.33 bits per heavy atom. The summed E-state index contributed by atoms with van der Waals surface area (Å²) >= 11 is 0. The summed E-state index contributed by atoms with van der Waals surface area (Å²) in [6, 6.07) is 5.77. The molecule has 2 heterocycles. The van der Waals surface area contributed by atoms with Crippen LogP contribution in [0.3, 0.4) is 0 Å². The minimum Gasteiger partial charge on any atom is -0.396 e. The van der Waals surface area contributed by atoms with E-state index in [9.17, 15) is 0 Å². The second-order valence-corrected chi connectivity index (χ2v) is 3.24. The molecule has 0 spiro atoms. The molecule has 0 radical (unpaired) electrons. The fourth-order valence-corrected chi connectivity index (χ4v) is 1.42. The van der Waals surface area contributed by atoms with Crippen LogP contribution in [0.2, 0.25) is 0 Å². The van der Waals surface area contributed by atoms with Crippen molar-refractivity contribution in [2.24, 2.45) is 0 Å². The summed E-state index contributed by atoms with van der Waals surface area (Å²) in [5.41, 5.74) is 6.86. The quantitative estimate of drug-likeness (QED) is 0.799. The molecule has 76 valence electrons. The summed E-state index contributed by atoms with van der Waals surface area (Å²) in [6.07, 6.45) is 5.27. The van der Waals surface area contributed by atoms with Gasteiger partial charge in [-0.25, -0.2) is 0 Å². The van der Waals surface area contributed by atoms with Gasteiger partial charge in [-0.3, -0.25) is 4.68 Å². The number of nitrogens with two attached hydrogens (primary N) is 1. The lowest BCUT2D eigenvalue weighted by atomic mass is 10.4. The number of hydrogen-bond donors (Lipinski definition) is 1. The van der Waals surface area contributed by atoms with Crippen LogP contribution in [0.5, 0.6) is 0 Å². The molecule has 0 fully saturated rings. The molecule has 0 aliphatic heterocycles. The summed E-state index contributed by atoms with van der Waals surface area (Å²) in [4.78, 5) is 0. The fraction of sp³-hybridized carbons (Fsp3) is 0.200. The summed E-state index contributed by atoms with van der Waals surface area (Å²) in [5.74, 6) is 0. The predicted octanol–water partition coefficient (Wildman–Crippen LogP) is 0.839. The zero-order valence-corrected chi connectivity index (χ0v) is 8.17. The molecule has 0 aliphatic carbocycles. The highest BCUT2D eigenvalue weighted by Gasteiger charge is 1.99. The molecule has 0 amide bonds. The Bertz CT molecular complexity index is 488. The molecule has 0 aromatic carbocycles. The molecule has 2 aromatic rings. The SMILES string of the molecule is N#Cc1cccn1CCn1cc(N)cn1. The molecule has 5 heteroatoms. The molecule has 2 N–H and O–H groups in total. The molecular formula is C10H11N5. The maximum atomic E-state index is 8.80. The molecule has 2 rings (SSSR count). The summed E-state index contributed by atoms with van der Waals surface area (Å²) < 4.78 is 3.65. The summed E-state index contributed by atoms with van der Waals surface area (Å²) in [7, 11) is 0. The van der Waals surface area contributed by atoms with Crippen molar-refractivity contribution in [2.75, 3.05) is 5.73 Å². The van der Waals surface area contributed by atoms with Crippen molar-refractivity contribution >= 4 is 5.69 Å². The number of aryl methyl sites for hydroxylation is 2. The van der Waals surface area contributed by atoms with Gasteiger partial charge in [-0.1, -0.05) is 0 Å². The standard InChI is InChI=1S/C10H11N5/c11-6-10-2-1-3-14(10)4-5-15-8-9(12)7-13-15/h1-3,7-8H,4-5,12H2. The van der Waals surface area contributed by atoms with E-state index in [0.717, 1.165) is 6.54 Å². The van der Waals surface area contributed by atoms with Gasteiger partial charge in [-0.05, 0) is 12.1 Å². The molecule has 15 heavy (non-hydrogen) atoms. The Kier molecular flexibility index (Phi) is 2.42. The van der Waals surface area contributed by atoms with E-state index in [1.54, 1.807) is 23.1 Å². The molecule has 0 aliphatic rings. The fourth-order valence-electron chi connectivity index (χ4n) is 1.42. The normalized spacial score (nSPS) is 10.1. The van der Waals surface area contributed by atoms with Crippen LogP contribution < -0.4 is 5.73 Å². The largest absolute Gasteiger partial charge is 0.396 e. The van der Waals surface area contributed by atoms with Gasteiger partial charge in [0.25, 0.3) is 0 Å². The van der Waals surface area contributed by atoms with E-state index in [1.807, 2.05) is 16.8 Å². The zero-order valence-electron chi connectivity index (χ0n) is 8.17. The lowest BCUT2D eigenvalue weighted by molar-refractivity contribution is 0.532. The molecule has 0 bridgehead atoms. The van der Waals surface area contributed by atoms with Gasteiger partial charge in [0.1, 0.15) is 11.8 Å². The van der Waals surface area contributed by atoms with Gasteiger partial charge < -0.3 is 10.3 Å². The minimum atomic E-state index is 0.656. The molecule has 0 unspecified atom stereocenters. The van der Waals surface area contributed by atoms with E-state index in [4.69, 9.17) is 11.0 Å². The second-order valence-electron chi connectivity index (χ2n) is 3.24. The molecule has 0 saturated heterocycles. The highest BCUT2D eigenvalue weighted by atomic mass is 15.3. The minimum absolute atomic E-state index is 0.656. The predicted molar refractivity (Wildman–Crippen MR) is 55.8 cm³/mol. The van der Waals surface area contributed by atoms with Gasteiger partial charge in [0, 0.05) is 18.9 Å². The summed E-state index contributed by atoms with van der Waals surface area (Å²) in [5, 5.41) is 12.9. The van der Waals surface area contributed by atoms with Gasteiger partial charge in [0.15, 0.2) is 0 Å². The summed E-state index contributed by atoms with van der Waals surface area (Å²) in [6.45, 7) is 1.43. The van der Waals surface area contributed by atoms with Gasteiger partial charge in [-0.2, -0.15) is 10.4 Å². The van der Waals surface area contributed by atoms with E-state index < -0.39 is 0 Å². The number of anilines is 1. The molecular weight excluding hydrogens is 190 g/mol. The second kappa shape index (κ2) is 3.88. The van der Waals surface area contributed by atoms with Crippen LogP contribution in [-0.4, -0.2) is 14.3 Å². The Hall–Kier alpha value is -2.22. The molecule has 0 saturated carbocycles. The topological polar surface area (TPSA) is 72.6 Å². The average molecular weight is 201 g/mol. The van der Waals surface area contributed by atoms with Crippen LogP contribution >= 0.6 is 0 Å². The van der Waals surface area contributed by atoms with Crippen molar-refractivity contribution in [3.63, 3.8) is 0 Å². The van der Waals surface area contributed by atoms with Crippen molar-refractivity contribution in [3.8, 4) is 6.07 Å². The third kappa shape index (κ3) is 1.99. The number of hydrogen-bond acceptors (Lipinski definition) is 3. The van der Waals surface area contributed by atoms with Crippen molar-refractivity contribution in [1.29, 1.82) is 5.26 Å². The number of nitrogens with zero attached hydrogens (tertiary/aromatic N) is 4. The van der Waals surface area contributed by atoms with E-state index in [1.165, 1.54) is 0 Å². The first kappa shape index (κ1) is 9.34. The smallest absolute Gasteiger partial charge is 0.120 e. The van der Waals surface area contributed by atoms with Gasteiger partial charge >= 0.3 is 0 Å². The van der Waals surface area contributed by atoms with E-state index in [2.05, 4.69) is 11.2 Å². The average Bonchev–Trinajstić information content (AvgIpc) is 2.83. The van der Waals surface area contributed by atoms with Crippen LogP contribution in [0.15, 0.2) is 30.7 Å². The first-order chi connectivity index (χ1) is 7.29. The monoisotopic (exact) mass is 201 g/mol. The van der Waals surface area contributed by atoms with Crippen LogP contribution in [0.4, 0.5) is 5.69 Å². The maximum absolute atomic E-state index is 8.80. The molecule has 0 atom stereocenters. The Balaban J connectivity index is 2.02. The van der Waals surface area contributed by atoms with E-state index in [-0.39, 0.29) is 0 Å². The van der Waals surface area contributed by atoms with Crippen LogP contribution in [0.1, 0.15) is 5.69 Å². The van der Waals surface area contributed by atoms with Crippen molar-refractivity contribution < 1.29 is 0 Å². The van der Waals surface area contributed by atoms with Gasteiger partial charge in [0.05, 0.1) is 18.4 Å². The van der Waals surface area contributed by atoms with Crippen LogP contribution in [-0.2, 0) is 13.1 Å². The van der Waals surface area contributed by atoms with Crippen molar-refractivity contribution in [1.82, 2.24) is 14.3 Å². The molecule has 5 nitrogen and oxygen atoms in total. The molecule has 2 aromatic heterocycles. The lowest BCUT2D eigenvalue weighted by Crippen LogP contribution is -2.08. The highest BCUT2D eigenvalue weighted by Crippen LogP contribution is 2.02. The van der Waals surface area contributed by atoms with Crippen LogP contribution in [0, 0.1) is 11.3 Å². The Labute approximate surface area is 87.3 Å². The third-order valence-electron chi connectivity index (χ3n) is 2.17. The van der Waals surface area contributed by atoms with Crippen molar-refractivity contribution in [2.45, 2.75) is 13.1 Å². The highest BCUT2D eigenvalue weighted by molar-refractivity contribution is 5.30. The van der Waals surface area contributed by atoms with Gasteiger partial charge in [-0.15, -0.1) is 0 Å². The van der Waals surface area contributed by atoms with Crippen LogP contribution in [0.25, 0.3) is 0 Å². The number of rotatable bonds is 3. The third-order valence-corrected chi connectivity index (χ3v) is 2.17. The van der Waals surface area contributed by atoms with E-state index in [0.29, 0.717) is 17.9 Å². The maximum Gasteiger partial charge on any atom is 0.120 e. The van der Waals surface area contributed by atoms with Gasteiger partial charge in [0.2, 0.25) is 0 Å². The Morgan fingerprint density at radius 1 is 1.47 bits per heavy atom. The number of nitriles is 1. The number of aromatic nitrogens is 3. The number of nitrogen functional groups attached to an aromatic ring is 1. The Morgan fingerprint density at radius 3 is 3.00 bits per heavy atom. The van der Waals surface area contributed by atoms with E-state index >= 15 is 0 Å². The first-order valence-corrected chi connectivity index (χ1v) is 4.63.